The highest BCUT2D eigenvalue weighted by Gasteiger charge is 2.18. The van der Waals surface area contributed by atoms with Crippen molar-refractivity contribution >= 4 is 103 Å². The van der Waals surface area contributed by atoms with Crippen LogP contribution in [0.4, 0.5) is 0 Å². The lowest BCUT2D eigenvalue weighted by Crippen LogP contribution is -1.83. The Morgan fingerprint density at radius 2 is 1.14 bits per heavy atom. The largest absolute Gasteiger partial charge is 0.140 e. The highest BCUT2D eigenvalue weighted by molar-refractivity contribution is 8.09. The predicted molar refractivity (Wildman–Crippen MR) is 167 cm³/mol. The summed E-state index contributed by atoms with van der Waals surface area (Å²) in [6.07, 6.45) is 3.60. The van der Waals surface area contributed by atoms with Crippen LogP contribution >= 0.6 is 45.8 Å². The number of benzene rings is 4. The van der Waals surface area contributed by atoms with Crippen LogP contribution in [0.2, 0.25) is 0 Å². The smallest absolute Gasteiger partial charge is 0.0455 e. The molecule has 0 bridgehead atoms. The van der Waals surface area contributed by atoms with Gasteiger partial charge < -0.3 is 0 Å². The maximum Gasteiger partial charge on any atom is 0.0455 e. The van der Waals surface area contributed by atoms with Gasteiger partial charge in [-0.1, -0.05) is 61.5 Å². The molecule has 1 unspecified atom stereocenters. The summed E-state index contributed by atoms with van der Waals surface area (Å²) < 4.78 is 2.81. The Balaban J connectivity index is 1.33. The van der Waals surface area contributed by atoms with Crippen molar-refractivity contribution in [1.82, 2.24) is 0 Å². The van der Waals surface area contributed by atoms with Crippen LogP contribution in [0, 0.1) is 6.92 Å². The Morgan fingerprint density at radius 3 is 1.72 bits per heavy atom. The Morgan fingerprint density at radius 1 is 0.583 bits per heavy atom. The van der Waals surface area contributed by atoms with E-state index < -0.39 is 0 Å². The maximum absolute atomic E-state index is 2.42. The van der Waals surface area contributed by atoms with Crippen molar-refractivity contribution in [2.75, 3.05) is 0 Å². The molecule has 36 heavy (non-hydrogen) atoms. The van der Waals surface area contributed by atoms with Gasteiger partial charge >= 0.3 is 0 Å². The van der Waals surface area contributed by atoms with Crippen molar-refractivity contribution in [1.29, 1.82) is 0 Å². The van der Waals surface area contributed by atoms with Gasteiger partial charge in [-0.05, 0) is 69.9 Å². The molecule has 4 heteroatoms. The van der Waals surface area contributed by atoms with Gasteiger partial charge in [0.1, 0.15) is 0 Å². The summed E-state index contributed by atoms with van der Waals surface area (Å²) >= 11 is 7.78. The summed E-state index contributed by atoms with van der Waals surface area (Å²) in [5, 5.41) is 11.5. The van der Waals surface area contributed by atoms with Crippen molar-refractivity contribution in [3.8, 4) is 9.75 Å². The fourth-order valence-electron chi connectivity index (χ4n) is 5.59. The first-order valence-corrected chi connectivity index (χ1v) is 15.6. The lowest BCUT2D eigenvalue weighted by atomic mass is 9.96. The summed E-state index contributed by atoms with van der Waals surface area (Å²) in [7, 11) is 0. The van der Waals surface area contributed by atoms with E-state index >= 15 is 0 Å². The lowest BCUT2D eigenvalue weighted by molar-refractivity contribution is 1.00. The fraction of sp³-hybridized carbons (Fsp3) is 0.125. The van der Waals surface area contributed by atoms with Gasteiger partial charge in [0.05, 0.1) is 0 Å². The number of aryl methyl sites for hydroxylation is 1. The quantitative estimate of drug-likeness (QED) is 0.199. The Kier molecular flexibility index (Phi) is 4.73. The molecule has 0 fully saturated rings. The molecule has 0 saturated carbocycles. The molecule has 1 atom stereocenters. The number of hydrogen-bond acceptors (Lipinski definition) is 4. The Hall–Kier alpha value is -2.63. The molecule has 4 heterocycles. The first-order valence-electron chi connectivity index (χ1n) is 12.3. The zero-order valence-electron chi connectivity index (χ0n) is 19.9. The van der Waals surface area contributed by atoms with Crippen molar-refractivity contribution in [2.45, 2.75) is 25.5 Å². The van der Waals surface area contributed by atoms with Crippen LogP contribution in [0.25, 0.3) is 67.1 Å². The minimum atomic E-state index is 0.694. The van der Waals surface area contributed by atoms with E-state index in [1.165, 1.54) is 83.3 Å². The normalized spacial score (nSPS) is 16.3. The highest BCUT2D eigenvalue weighted by atomic mass is 32.2. The van der Waals surface area contributed by atoms with E-state index in [4.69, 9.17) is 0 Å². The molecule has 0 nitrogen and oxygen atoms in total. The first kappa shape index (κ1) is 21.5. The molecule has 0 aliphatic carbocycles. The van der Waals surface area contributed by atoms with Crippen LogP contribution in [0.15, 0.2) is 78.9 Å². The third-order valence-corrected chi connectivity index (χ3v) is 12.3. The zero-order chi connectivity index (χ0) is 24.0. The number of fused-ring (bicyclic) bond motifs is 9. The van der Waals surface area contributed by atoms with Crippen molar-refractivity contribution in [2.24, 2.45) is 0 Å². The van der Waals surface area contributed by atoms with Crippen LogP contribution in [-0.4, -0.2) is 5.25 Å². The molecule has 4 aromatic carbocycles. The highest BCUT2D eigenvalue weighted by Crippen LogP contribution is 2.46. The van der Waals surface area contributed by atoms with E-state index in [0.717, 1.165) is 0 Å². The summed E-state index contributed by atoms with van der Waals surface area (Å²) in [6, 6.07) is 27.9. The van der Waals surface area contributed by atoms with Crippen molar-refractivity contribution in [3.63, 3.8) is 0 Å². The molecule has 0 saturated heterocycles. The summed E-state index contributed by atoms with van der Waals surface area (Å²) in [6.45, 7) is 4.50. The molecule has 1 aliphatic rings. The Labute approximate surface area is 225 Å². The number of hydrogen-bond donors (Lipinski definition) is 0. The van der Waals surface area contributed by atoms with E-state index in [1.54, 1.807) is 0 Å². The molecule has 0 spiro atoms. The number of thioether (sulfide) groups is 1. The van der Waals surface area contributed by atoms with Gasteiger partial charge in [-0.15, -0.1) is 45.8 Å². The van der Waals surface area contributed by atoms with Gasteiger partial charge in [-0.3, -0.25) is 0 Å². The van der Waals surface area contributed by atoms with Crippen LogP contribution < -0.4 is 0 Å². The third-order valence-electron chi connectivity index (χ3n) is 7.34. The van der Waals surface area contributed by atoms with Crippen molar-refractivity contribution < 1.29 is 0 Å². The van der Waals surface area contributed by atoms with Gasteiger partial charge in [-0.25, -0.2) is 0 Å². The molecule has 174 valence electrons. The average Bonchev–Trinajstić information content (AvgIpc) is 3.68. The van der Waals surface area contributed by atoms with Crippen molar-refractivity contribution in [3.05, 3.63) is 88.6 Å². The zero-order valence-corrected chi connectivity index (χ0v) is 23.2. The van der Waals surface area contributed by atoms with Crippen LogP contribution in [-0.2, 0) is 0 Å². The van der Waals surface area contributed by atoms with Gasteiger partial charge in [0.2, 0.25) is 0 Å². The van der Waals surface area contributed by atoms with Crippen LogP contribution in [0.1, 0.15) is 23.1 Å². The second kappa shape index (κ2) is 7.93. The number of rotatable bonds is 2. The topological polar surface area (TPSA) is 0 Å². The molecule has 0 N–H and O–H groups in total. The van der Waals surface area contributed by atoms with Gasteiger partial charge in [0, 0.05) is 49.8 Å². The molecule has 7 aromatic rings. The molecule has 0 radical (unpaired) electrons. The molecule has 3 aromatic heterocycles. The maximum atomic E-state index is 2.42. The van der Waals surface area contributed by atoms with Crippen LogP contribution in [0.5, 0.6) is 0 Å². The first-order chi connectivity index (χ1) is 17.6. The third kappa shape index (κ3) is 3.18. The fourth-order valence-corrected chi connectivity index (χ4v) is 10.1. The Bertz CT molecular complexity index is 2030. The van der Waals surface area contributed by atoms with E-state index in [0.29, 0.717) is 5.25 Å². The lowest BCUT2D eigenvalue weighted by Gasteiger charge is -2.09. The second-order valence-corrected chi connectivity index (χ2v) is 14.6. The molecule has 0 amide bonds. The monoisotopic (exact) mass is 534 g/mol. The summed E-state index contributed by atoms with van der Waals surface area (Å²) in [5.74, 6) is 0. The molecule has 1 aliphatic heterocycles. The van der Waals surface area contributed by atoms with E-state index in [1.807, 2.05) is 45.8 Å². The minimum absolute atomic E-state index is 0.694. The summed E-state index contributed by atoms with van der Waals surface area (Å²) in [4.78, 5) is 6.98. The predicted octanol–water partition coefficient (Wildman–Crippen LogP) is 11.5. The average molecular weight is 535 g/mol. The number of allylic oxidation sites excluding steroid dienone is 1. The van der Waals surface area contributed by atoms with Gasteiger partial charge in [0.25, 0.3) is 0 Å². The molecular formula is C32H22S4. The summed E-state index contributed by atoms with van der Waals surface area (Å²) in [5.41, 5.74) is 0. The van der Waals surface area contributed by atoms with E-state index in [2.05, 4.69) is 92.7 Å². The molecular weight excluding hydrogens is 513 g/mol. The molecule has 8 rings (SSSR count). The van der Waals surface area contributed by atoms with E-state index in [-0.39, 0.29) is 0 Å². The standard InChI is InChI=1S/C32H22S4/c1-17-3-13-27(33-17)29-15-19-5-7-23-21-10-12-26-24(22(21)9-11-25(23)31(19)35-29)8-6-20-16-30(36-32(20)26)28-14-4-18(2)34-28/h3,5-16,18H,4H2,1-2H3. The van der Waals surface area contributed by atoms with E-state index in [9.17, 15) is 0 Å². The number of thiophene rings is 3. The SMILES string of the molecule is Cc1ccc(-c2cc3ccc4c5ccc6c(ccc7cc(C8=CCC(C)S8)sc76)c5ccc4c3s2)s1. The van der Waals surface area contributed by atoms with Gasteiger partial charge in [-0.2, -0.15) is 0 Å². The minimum Gasteiger partial charge on any atom is -0.140 e. The van der Waals surface area contributed by atoms with Crippen LogP contribution in [0.3, 0.4) is 0 Å². The second-order valence-electron chi connectivity index (χ2n) is 9.75. The van der Waals surface area contributed by atoms with Gasteiger partial charge in [0.15, 0.2) is 0 Å².